The van der Waals surface area contributed by atoms with Crippen LogP contribution in [0.1, 0.15) is 18.4 Å². The smallest absolute Gasteiger partial charge is 0.123 e. The van der Waals surface area contributed by atoms with E-state index in [1.165, 1.54) is 30.7 Å². The summed E-state index contributed by atoms with van der Waals surface area (Å²) in [5.74, 6) is -0.198. The topological polar surface area (TPSA) is 37.8 Å². The van der Waals surface area contributed by atoms with Crippen molar-refractivity contribution in [3.63, 3.8) is 0 Å². The van der Waals surface area contributed by atoms with Crippen molar-refractivity contribution in [1.82, 2.24) is 15.3 Å². The highest BCUT2D eigenvalue weighted by atomic mass is 32.2. The van der Waals surface area contributed by atoms with Gasteiger partial charge in [-0.2, -0.15) is 0 Å². The zero-order valence-electron chi connectivity index (χ0n) is 10.3. The van der Waals surface area contributed by atoms with Gasteiger partial charge in [-0.05, 0) is 36.6 Å². The van der Waals surface area contributed by atoms with Gasteiger partial charge in [0.05, 0.1) is 6.20 Å². The zero-order valence-corrected chi connectivity index (χ0v) is 11.2. The van der Waals surface area contributed by atoms with Gasteiger partial charge in [0.1, 0.15) is 10.8 Å². The molecule has 19 heavy (non-hydrogen) atoms. The van der Waals surface area contributed by atoms with Gasteiger partial charge in [-0.1, -0.05) is 11.8 Å². The molecule has 1 aromatic heterocycles. The maximum absolute atomic E-state index is 13.4. The molecule has 1 aliphatic rings. The van der Waals surface area contributed by atoms with E-state index in [-0.39, 0.29) is 5.82 Å². The lowest BCUT2D eigenvalue weighted by atomic mass is 10.2. The van der Waals surface area contributed by atoms with Gasteiger partial charge in [-0.15, -0.1) is 0 Å². The van der Waals surface area contributed by atoms with Crippen molar-refractivity contribution in [3.05, 3.63) is 48.2 Å². The van der Waals surface area contributed by atoms with Gasteiger partial charge in [-0.25, -0.2) is 9.37 Å². The molecule has 0 saturated heterocycles. The standard InChI is InChI=1S/C14H14FN3S/c15-11-1-4-13(19-14-9-16-5-6-17-14)10(7-11)8-18-12-2-3-12/h1,4-7,9,12,18H,2-3,8H2. The number of aromatic nitrogens is 2. The molecular formula is C14H14FN3S. The predicted octanol–water partition coefficient (Wildman–Crippen LogP) is 3.02. The number of nitrogens with one attached hydrogen (secondary N) is 1. The van der Waals surface area contributed by atoms with Crippen molar-refractivity contribution < 1.29 is 4.39 Å². The molecule has 0 aliphatic heterocycles. The van der Waals surface area contributed by atoms with Crippen molar-refractivity contribution in [2.75, 3.05) is 0 Å². The normalized spacial score (nSPS) is 14.6. The Bertz CT molecular complexity index is 558. The molecule has 5 heteroatoms. The molecule has 1 fully saturated rings. The first-order valence-electron chi connectivity index (χ1n) is 6.27. The van der Waals surface area contributed by atoms with E-state index in [2.05, 4.69) is 15.3 Å². The minimum absolute atomic E-state index is 0.198. The molecule has 1 heterocycles. The molecule has 0 radical (unpaired) electrons. The predicted molar refractivity (Wildman–Crippen MR) is 72.4 cm³/mol. The second-order valence-corrected chi connectivity index (χ2v) is 5.62. The molecule has 2 aromatic rings. The van der Waals surface area contributed by atoms with Crippen molar-refractivity contribution in [2.45, 2.75) is 35.3 Å². The van der Waals surface area contributed by atoms with E-state index in [1.807, 2.05) is 0 Å². The van der Waals surface area contributed by atoms with Crippen LogP contribution < -0.4 is 5.32 Å². The number of nitrogens with zero attached hydrogens (tertiary/aromatic N) is 2. The van der Waals surface area contributed by atoms with Gasteiger partial charge in [0, 0.05) is 29.9 Å². The molecule has 0 bridgehead atoms. The van der Waals surface area contributed by atoms with Crippen LogP contribution in [0.4, 0.5) is 4.39 Å². The molecular weight excluding hydrogens is 261 g/mol. The third-order valence-corrected chi connectivity index (χ3v) is 3.97. The van der Waals surface area contributed by atoms with Crippen LogP contribution in [0.25, 0.3) is 0 Å². The first-order valence-corrected chi connectivity index (χ1v) is 7.08. The van der Waals surface area contributed by atoms with Gasteiger partial charge in [0.15, 0.2) is 0 Å². The summed E-state index contributed by atoms with van der Waals surface area (Å²) in [5.41, 5.74) is 0.975. The van der Waals surface area contributed by atoms with E-state index in [9.17, 15) is 4.39 Å². The first kappa shape index (κ1) is 12.6. The molecule has 3 rings (SSSR count). The van der Waals surface area contributed by atoms with Crippen molar-refractivity contribution in [2.24, 2.45) is 0 Å². The van der Waals surface area contributed by atoms with Crippen molar-refractivity contribution >= 4 is 11.8 Å². The summed E-state index contributed by atoms with van der Waals surface area (Å²) in [4.78, 5) is 9.29. The average molecular weight is 275 g/mol. The molecule has 1 saturated carbocycles. The Kier molecular flexibility index (Phi) is 3.75. The van der Waals surface area contributed by atoms with Gasteiger partial charge >= 0.3 is 0 Å². The van der Waals surface area contributed by atoms with Crippen LogP contribution >= 0.6 is 11.8 Å². The quantitative estimate of drug-likeness (QED) is 0.910. The lowest BCUT2D eigenvalue weighted by Gasteiger charge is -2.09. The fourth-order valence-corrected chi connectivity index (χ4v) is 2.63. The van der Waals surface area contributed by atoms with Crippen LogP contribution in [0.5, 0.6) is 0 Å². The molecule has 1 aliphatic carbocycles. The van der Waals surface area contributed by atoms with Crippen LogP contribution in [-0.4, -0.2) is 16.0 Å². The van der Waals surface area contributed by atoms with Crippen molar-refractivity contribution in [3.8, 4) is 0 Å². The SMILES string of the molecule is Fc1ccc(Sc2cnccn2)c(CNC2CC2)c1. The van der Waals surface area contributed by atoms with Gasteiger partial charge < -0.3 is 5.32 Å². The van der Waals surface area contributed by atoms with E-state index in [0.717, 1.165) is 15.5 Å². The van der Waals surface area contributed by atoms with Crippen LogP contribution in [-0.2, 0) is 6.54 Å². The number of halogens is 1. The molecule has 3 nitrogen and oxygen atoms in total. The van der Waals surface area contributed by atoms with E-state index >= 15 is 0 Å². The largest absolute Gasteiger partial charge is 0.310 e. The van der Waals surface area contributed by atoms with Crippen LogP contribution in [0.15, 0.2) is 46.7 Å². The van der Waals surface area contributed by atoms with Gasteiger partial charge in [-0.3, -0.25) is 4.98 Å². The Morgan fingerprint density at radius 3 is 2.95 bits per heavy atom. The Morgan fingerprint density at radius 2 is 2.21 bits per heavy atom. The highest BCUT2D eigenvalue weighted by molar-refractivity contribution is 7.99. The summed E-state index contributed by atoms with van der Waals surface area (Å²) in [6.07, 6.45) is 7.47. The molecule has 98 valence electrons. The van der Waals surface area contributed by atoms with Crippen LogP contribution in [0.2, 0.25) is 0 Å². The lowest BCUT2D eigenvalue weighted by molar-refractivity contribution is 0.616. The molecule has 0 amide bonds. The van der Waals surface area contributed by atoms with Gasteiger partial charge in [0.25, 0.3) is 0 Å². The summed E-state index contributed by atoms with van der Waals surface area (Å²) >= 11 is 1.51. The molecule has 1 N–H and O–H groups in total. The first-order chi connectivity index (χ1) is 9.31. The maximum Gasteiger partial charge on any atom is 0.123 e. The summed E-state index contributed by atoms with van der Waals surface area (Å²) in [6, 6.07) is 5.49. The van der Waals surface area contributed by atoms with Gasteiger partial charge in [0.2, 0.25) is 0 Å². The van der Waals surface area contributed by atoms with Crippen LogP contribution in [0, 0.1) is 5.82 Å². The van der Waals surface area contributed by atoms with E-state index in [1.54, 1.807) is 30.7 Å². The summed E-state index contributed by atoms with van der Waals surface area (Å²) in [5, 5.41) is 4.23. The number of rotatable bonds is 5. The van der Waals surface area contributed by atoms with E-state index in [4.69, 9.17) is 0 Å². The molecule has 0 unspecified atom stereocenters. The number of hydrogen-bond donors (Lipinski definition) is 1. The lowest BCUT2D eigenvalue weighted by Crippen LogP contribution is -2.16. The fraction of sp³-hybridized carbons (Fsp3) is 0.286. The summed E-state index contributed by atoms with van der Waals surface area (Å²) in [7, 11) is 0. The minimum atomic E-state index is -0.198. The fourth-order valence-electron chi connectivity index (χ4n) is 1.78. The second-order valence-electron chi connectivity index (χ2n) is 4.55. The third-order valence-electron chi connectivity index (χ3n) is 2.94. The monoisotopic (exact) mass is 275 g/mol. The molecule has 1 aromatic carbocycles. The highest BCUT2D eigenvalue weighted by Crippen LogP contribution is 2.30. The Labute approximate surface area is 115 Å². The molecule has 0 atom stereocenters. The Balaban J connectivity index is 1.78. The van der Waals surface area contributed by atoms with Crippen LogP contribution in [0.3, 0.4) is 0 Å². The summed E-state index contributed by atoms with van der Waals surface area (Å²) in [6.45, 7) is 0.699. The van der Waals surface area contributed by atoms with Crippen molar-refractivity contribution in [1.29, 1.82) is 0 Å². The maximum atomic E-state index is 13.4. The minimum Gasteiger partial charge on any atom is -0.310 e. The third kappa shape index (κ3) is 3.52. The Morgan fingerprint density at radius 1 is 1.32 bits per heavy atom. The highest BCUT2D eigenvalue weighted by Gasteiger charge is 2.20. The Hall–Kier alpha value is -1.46. The summed E-state index contributed by atoms with van der Waals surface area (Å²) < 4.78 is 13.4. The molecule has 0 spiro atoms. The number of hydrogen-bond acceptors (Lipinski definition) is 4. The second kappa shape index (κ2) is 5.67. The van der Waals surface area contributed by atoms with E-state index < -0.39 is 0 Å². The average Bonchev–Trinajstić information content (AvgIpc) is 3.24. The zero-order chi connectivity index (χ0) is 13.1. The number of benzene rings is 1. The van der Waals surface area contributed by atoms with E-state index in [0.29, 0.717) is 12.6 Å².